The summed E-state index contributed by atoms with van der Waals surface area (Å²) in [7, 11) is 0. The van der Waals surface area contributed by atoms with Crippen molar-refractivity contribution in [3.05, 3.63) is 69.0 Å². The molecule has 5 nitrogen and oxygen atoms in total. The fourth-order valence-corrected chi connectivity index (χ4v) is 2.08. The molecule has 0 aliphatic rings. The topological polar surface area (TPSA) is 67.8 Å². The number of rotatable bonds is 1. The van der Waals surface area contributed by atoms with Gasteiger partial charge in [0.1, 0.15) is 5.82 Å². The molecular formula is C14H11N3O2. The Labute approximate surface area is 108 Å². The number of aryl methyl sites for hydroxylation is 1. The second-order valence-corrected chi connectivity index (χ2v) is 4.26. The molecule has 3 rings (SSSR count). The van der Waals surface area contributed by atoms with E-state index in [1.54, 1.807) is 36.5 Å². The summed E-state index contributed by atoms with van der Waals surface area (Å²) in [5.74, 6) is 0.317. The Morgan fingerprint density at radius 1 is 1.11 bits per heavy atom. The first-order valence-electron chi connectivity index (χ1n) is 5.84. The second kappa shape index (κ2) is 4.20. The van der Waals surface area contributed by atoms with Gasteiger partial charge in [-0.2, -0.15) is 0 Å². The first-order valence-corrected chi connectivity index (χ1v) is 5.84. The minimum atomic E-state index is -0.481. The molecular weight excluding hydrogens is 242 g/mol. The number of aromatic amines is 1. The molecule has 2 aromatic heterocycles. The molecule has 2 heterocycles. The lowest BCUT2D eigenvalue weighted by molar-refractivity contribution is 0.867. The first kappa shape index (κ1) is 11.4. The minimum Gasteiger partial charge on any atom is -0.306 e. The summed E-state index contributed by atoms with van der Waals surface area (Å²) in [6.07, 6.45) is 1.54. The fourth-order valence-electron chi connectivity index (χ4n) is 2.08. The monoisotopic (exact) mass is 253 g/mol. The number of hydrogen-bond donors (Lipinski definition) is 1. The van der Waals surface area contributed by atoms with Gasteiger partial charge in [-0.3, -0.25) is 4.79 Å². The zero-order valence-corrected chi connectivity index (χ0v) is 10.3. The molecule has 0 bridgehead atoms. The van der Waals surface area contributed by atoms with Crippen molar-refractivity contribution < 1.29 is 0 Å². The van der Waals surface area contributed by atoms with Crippen molar-refractivity contribution in [2.45, 2.75) is 6.92 Å². The van der Waals surface area contributed by atoms with Crippen molar-refractivity contribution in [3.8, 4) is 5.82 Å². The van der Waals surface area contributed by atoms with Crippen molar-refractivity contribution in [1.29, 1.82) is 0 Å². The van der Waals surface area contributed by atoms with E-state index in [1.807, 2.05) is 13.0 Å². The van der Waals surface area contributed by atoms with Crippen LogP contribution in [0.25, 0.3) is 16.7 Å². The van der Waals surface area contributed by atoms with Crippen LogP contribution in [0.4, 0.5) is 0 Å². The summed E-state index contributed by atoms with van der Waals surface area (Å²) < 4.78 is 1.04. The maximum Gasteiger partial charge on any atom is 0.334 e. The quantitative estimate of drug-likeness (QED) is 0.712. The van der Waals surface area contributed by atoms with Gasteiger partial charge in [-0.15, -0.1) is 0 Å². The van der Waals surface area contributed by atoms with Gasteiger partial charge in [0.05, 0.1) is 10.9 Å². The SMILES string of the molecule is Cc1cccc2c(=O)n(-c3ccccn3)c(=O)[nH]c12. The number of H-pyrrole nitrogens is 1. The predicted molar refractivity (Wildman–Crippen MR) is 72.7 cm³/mol. The Bertz CT molecular complexity index is 863. The van der Waals surface area contributed by atoms with E-state index in [0.29, 0.717) is 16.7 Å². The zero-order chi connectivity index (χ0) is 13.4. The number of nitrogens with zero attached hydrogens (tertiary/aromatic N) is 2. The van der Waals surface area contributed by atoms with E-state index in [1.165, 1.54) is 0 Å². The number of hydrogen-bond acceptors (Lipinski definition) is 3. The summed E-state index contributed by atoms with van der Waals surface area (Å²) in [6.45, 7) is 1.85. The summed E-state index contributed by atoms with van der Waals surface area (Å²) in [5, 5.41) is 0.477. The zero-order valence-electron chi connectivity index (χ0n) is 10.3. The number of aromatic nitrogens is 3. The highest BCUT2D eigenvalue weighted by molar-refractivity contribution is 5.80. The maximum atomic E-state index is 12.4. The average Bonchev–Trinajstić information content (AvgIpc) is 2.41. The Morgan fingerprint density at radius 2 is 1.95 bits per heavy atom. The van der Waals surface area contributed by atoms with E-state index < -0.39 is 5.69 Å². The largest absolute Gasteiger partial charge is 0.334 e. The molecule has 0 aliphatic carbocycles. The third kappa shape index (κ3) is 1.76. The van der Waals surface area contributed by atoms with E-state index in [4.69, 9.17) is 0 Å². The van der Waals surface area contributed by atoms with E-state index in [-0.39, 0.29) is 5.56 Å². The molecule has 0 amide bonds. The van der Waals surface area contributed by atoms with Crippen LogP contribution in [0.15, 0.2) is 52.2 Å². The van der Waals surface area contributed by atoms with Crippen LogP contribution in [0.3, 0.4) is 0 Å². The summed E-state index contributed by atoms with van der Waals surface area (Å²) >= 11 is 0. The van der Waals surface area contributed by atoms with Crippen molar-refractivity contribution in [2.75, 3.05) is 0 Å². The molecule has 0 saturated heterocycles. The molecule has 0 aliphatic heterocycles. The molecule has 5 heteroatoms. The van der Waals surface area contributed by atoms with Crippen molar-refractivity contribution in [3.63, 3.8) is 0 Å². The molecule has 1 aromatic carbocycles. The lowest BCUT2D eigenvalue weighted by atomic mass is 10.1. The van der Waals surface area contributed by atoms with Gasteiger partial charge in [-0.1, -0.05) is 18.2 Å². The van der Waals surface area contributed by atoms with E-state index in [0.717, 1.165) is 10.1 Å². The van der Waals surface area contributed by atoms with Crippen LogP contribution in [-0.2, 0) is 0 Å². The van der Waals surface area contributed by atoms with Crippen LogP contribution in [0.2, 0.25) is 0 Å². The van der Waals surface area contributed by atoms with Crippen LogP contribution in [0.5, 0.6) is 0 Å². The Kier molecular flexibility index (Phi) is 2.52. The van der Waals surface area contributed by atoms with Gasteiger partial charge in [0.15, 0.2) is 0 Å². The molecule has 0 unspecified atom stereocenters. The molecule has 0 spiro atoms. The van der Waals surface area contributed by atoms with Gasteiger partial charge in [0.2, 0.25) is 0 Å². The van der Waals surface area contributed by atoms with Crippen LogP contribution in [0.1, 0.15) is 5.56 Å². The van der Waals surface area contributed by atoms with Gasteiger partial charge in [-0.05, 0) is 30.7 Å². The van der Waals surface area contributed by atoms with E-state index >= 15 is 0 Å². The molecule has 19 heavy (non-hydrogen) atoms. The molecule has 0 saturated carbocycles. The highest BCUT2D eigenvalue weighted by Gasteiger charge is 2.10. The maximum absolute atomic E-state index is 12.4. The van der Waals surface area contributed by atoms with Crippen LogP contribution >= 0.6 is 0 Å². The normalized spacial score (nSPS) is 10.8. The predicted octanol–water partition coefficient (Wildman–Crippen LogP) is 1.38. The van der Waals surface area contributed by atoms with E-state index in [2.05, 4.69) is 9.97 Å². The lowest BCUT2D eigenvalue weighted by Crippen LogP contribution is -2.34. The summed E-state index contributed by atoms with van der Waals surface area (Å²) in [4.78, 5) is 31.3. The number of fused-ring (bicyclic) bond motifs is 1. The molecule has 0 fully saturated rings. The Balaban J connectivity index is 2.47. The van der Waals surface area contributed by atoms with Gasteiger partial charge in [0.25, 0.3) is 5.56 Å². The Hall–Kier alpha value is -2.69. The average molecular weight is 253 g/mol. The highest BCUT2D eigenvalue weighted by atomic mass is 16.2. The van der Waals surface area contributed by atoms with Gasteiger partial charge < -0.3 is 4.98 Å². The third-order valence-corrected chi connectivity index (χ3v) is 3.02. The van der Waals surface area contributed by atoms with Crippen LogP contribution in [0, 0.1) is 6.92 Å². The lowest BCUT2D eigenvalue weighted by Gasteiger charge is -2.06. The number of pyridine rings is 1. The summed E-state index contributed by atoms with van der Waals surface area (Å²) in [6, 6.07) is 10.4. The summed E-state index contributed by atoms with van der Waals surface area (Å²) in [5.41, 5.74) is 0.594. The number of nitrogens with one attached hydrogen (secondary N) is 1. The van der Waals surface area contributed by atoms with Gasteiger partial charge in [0, 0.05) is 6.20 Å². The standard InChI is InChI=1S/C14H11N3O2/c1-9-5-4-6-10-12(9)16-14(19)17(13(10)18)11-7-2-3-8-15-11/h2-8H,1H3,(H,16,19). The Morgan fingerprint density at radius 3 is 2.68 bits per heavy atom. The van der Waals surface area contributed by atoms with Crippen molar-refractivity contribution in [1.82, 2.24) is 14.5 Å². The molecule has 0 atom stereocenters. The van der Waals surface area contributed by atoms with Gasteiger partial charge >= 0.3 is 5.69 Å². The van der Waals surface area contributed by atoms with Crippen LogP contribution < -0.4 is 11.2 Å². The van der Waals surface area contributed by atoms with E-state index in [9.17, 15) is 9.59 Å². The highest BCUT2D eigenvalue weighted by Crippen LogP contribution is 2.10. The van der Waals surface area contributed by atoms with Gasteiger partial charge in [-0.25, -0.2) is 14.3 Å². The number of para-hydroxylation sites is 1. The van der Waals surface area contributed by atoms with Crippen molar-refractivity contribution in [2.24, 2.45) is 0 Å². The van der Waals surface area contributed by atoms with Crippen molar-refractivity contribution >= 4 is 10.9 Å². The molecule has 3 aromatic rings. The molecule has 1 N–H and O–H groups in total. The third-order valence-electron chi connectivity index (χ3n) is 3.02. The first-order chi connectivity index (χ1) is 9.18. The van der Waals surface area contributed by atoms with Crippen LogP contribution in [-0.4, -0.2) is 14.5 Å². The molecule has 0 radical (unpaired) electrons. The smallest absolute Gasteiger partial charge is 0.306 e. The minimum absolute atomic E-state index is 0.317. The fraction of sp³-hybridized carbons (Fsp3) is 0.0714. The number of benzene rings is 1. The second-order valence-electron chi connectivity index (χ2n) is 4.26. The molecule has 94 valence electrons.